The van der Waals surface area contributed by atoms with Crippen LogP contribution in [0.25, 0.3) is 0 Å². The zero-order chi connectivity index (χ0) is 22.8. The number of carbonyl (C=O) groups is 2. The zero-order valence-electron chi connectivity index (χ0n) is 18.6. The van der Waals surface area contributed by atoms with Crippen molar-refractivity contribution >= 4 is 11.8 Å². The normalized spacial score (nSPS) is 20.8. The molecule has 0 bridgehead atoms. The van der Waals surface area contributed by atoms with Gasteiger partial charge in [0, 0.05) is 43.4 Å². The predicted molar refractivity (Wildman–Crippen MR) is 129 cm³/mol. The third kappa shape index (κ3) is 6.51. The summed E-state index contributed by atoms with van der Waals surface area (Å²) < 4.78 is 0. The number of allylic oxidation sites excluding steroid dienone is 8. The molecule has 0 radical (unpaired) electrons. The van der Waals surface area contributed by atoms with Crippen molar-refractivity contribution in [1.82, 2.24) is 15.2 Å². The van der Waals surface area contributed by atoms with Gasteiger partial charge in [-0.25, -0.2) is 0 Å². The van der Waals surface area contributed by atoms with E-state index in [0.29, 0.717) is 31.5 Å². The van der Waals surface area contributed by atoms with Gasteiger partial charge in [0.1, 0.15) is 6.04 Å². The molecule has 1 aromatic heterocycles. The number of aromatic nitrogens is 1. The van der Waals surface area contributed by atoms with Crippen LogP contribution in [0.15, 0.2) is 96.9 Å². The molecule has 2 aliphatic rings. The SMILES string of the molecule is C=C/C=C\C=C(/Cc1cccnc1)C(=O)N1CCC[C@H]1C(=O)NCC1C=CC=C(C)C=C1. The van der Waals surface area contributed by atoms with E-state index < -0.39 is 6.04 Å². The molecule has 1 aliphatic heterocycles. The molecule has 1 unspecified atom stereocenters. The molecule has 0 aromatic carbocycles. The molecule has 1 N–H and O–H groups in total. The average Bonchev–Trinajstić information content (AvgIpc) is 3.20. The van der Waals surface area contributed by atoms with Gasteiger partial charge in [-0.2, -0.15) is 0 Å². The number of likely N-dealkylation sites (tertiary alicyclic amines) is 1. The summed E-state index contributed by atoms with van der Waals surface area (Å²) in [4.78, 5) is 32.2. The van der Waals surface area contributed by atoms with E-state index in [1.54, 1.807) is 35.5 Å². The van der Waals surface area contributed by atoms with Gasteiger partial charge in [0.05, 0.1) is 0 Å². The van der Waals surface area contributed by atoms with E-state index in [2.05, 4.69) is 35.1 Å². The summed E-state index contributed by atoms with van der Waals surface area (Å²) in [6.07, 6.45) is 22.8. The Balaban J connectivity index is 1.68. The predicted octanol–water partition coefficient (Wildman–Crippen LogP) is 4.09. The van der Waals surface area contributed by atoms with Crippen LogP contribution in [-0.4, -0.2) is 40.8 Å². The van der Waals surface area contributed by atoms with Crippen molar-refractivity contribution in [3.63, 3.8) is 0 Å². The third-order valence-electron chi connectivity index (χ3n) is 5.59. The summed E-state index contributed by atoms with van der Waals surface area (Å²) in [5, 5.41) is 3.05. The first-order valence-corrected chi connectivity index (χ1v) is 11.1. The molecule has 5 nitrogen and oxygen atoms in total. The Labute approximate surface area is 190 Å². The Kier molecular flexibility index (Phi) is 8.55. The number of hydrogen-bond acceptors (Lipinski definition) is 3. The monoisotopic (exact) mass is 429 g/mol. The van der Waals surface area contributed by atoms with E-state index in [4.69, 9.17) is 0 Å². The molecule has 1 saturated heterocycles. The lowest BCUT2D eigenvalue weighted by Crippen LogP contribution is -2.47. The lowest BCUT2D eigenvalue weighted by Gasteiger charge is -2.25. The minimum absolute atomic E-state index is 0.0889. The van der Waals surface area contributed by atoms with Crippen LogP contribution < -0.4 is 5.32 Å². The first-order chi connectivity index (χ1) is 15.6. The number of nitrogens with one attached hydrogen (secondary N) is 1. The molecule has 2 amide bonds. The number of rotatable bonds is 8. The van der Waals surface area contributed by atoms with Crippen molar-refractivity contribution in [2.75, 3.05) is 13.1 Å². The average molecular weight is 430 g/mol. The summed E-state index contributed by atoms with van der Waals surface area (Å²) in [7, 11) is 0. The molecule has 1 aromatic rings. The summed E-state index contributed by atoms with van der Waals surface area (Å²) >= 11 is 0. The molecule has 5 heteroatoms. The van der Waals surface area contributed by atoms with Crippen molar-refractivity contribution in [1.29, 1.82) is 0 Å². The topological polar surface area (TPSA) is 62.3 Å². The smallest absolute Gasteiger partial charge is 0.250 e. The second kappa shape index (κ2) is 11.8. The molecule has 1 aliphatic carbocycles. The van der Waals surface area contributed by atoms with Crippen molar-refractivity contribution in [2.24, 2.45) is 5.92 Å². The zero-order valence-corrected chi connectivity index (χ0v) is 18.6. The highest BCUT2D eigenvalue weighted by Crippen LogP contribution is 2.22. The Hall–Kier alpha value is -3.47. The van der Waals surface area contributed by atoms with Gasteiger partial charge in [-0.05, 0) is 31.4 Å². The van der Waals surface area contributed by atoms with E-state index in [-0.39, 0.29) is 17.7 Å². The van der Waals surface area contributed by atoms with Gasteiger partial charge in [-0.1, -0.05) is 72.9 Å². The van der Waals surface area contributed by atoms with Gasteiger partial charge in [0.2, 0.25) is 5.91 Å². The van der Waals surface area contributed by atoms with Gasteiger partial charge >= 0.3 is 0 Å². The van der Waals surface area contributed by atoms with Crippen LogP contribution in [-0.2, 0) is 16.0 Å². The molecule has 2 heterocycles. The van der Waals surface area contributed by atoms with Crippen molar-refractivity contribution in [2.45, 2.75) is 32.2 Å². The van der Waals surface area contributed by atoms with Gasteiger partial charge in [-0.3, -0.25) is 14.6 Å². The van der Waals surface area contributed by atoms with Crippen LogP contribution in [0.1, 0.15) is 25.3 Å². The maximum Gasteiger partial charge on any atom is 0.250 e. The first-order valence-electron chi connectivity index (χ1n) is 11.1. The van der Waals surface area contributed by atoms with Gasteiger partial charge in [-0.15, -0.1) is 0 Å². The number of nitrogens with zero attached hydrogens (tertiary/aromatic N) is 2. The Morgan fingerprint density at radius 3 is 2.97 bits per heavy atom. The van der Waals surface area contributed by atoms with Crippen molar-refractivity contribution in [3.05, 3.63) is 102 Å². The molecule has 3 rings (SSSR count). The van der Waals surface area contributed by atoms with E-state index in [9.17, 15) is 9.59 Å². The van der Waals surface area contributed by atoms with Crippen LogP contribution in [0.3, 0.4) is 0 Å². The van der Waals surface area contributed by atoms with E-state index in [0.717, 1.165) is 12.0 Å². The molecule has 166 valence electrons. The minimum Gasteiger partial charge on any atom is -0.353 e. The summed E-state index contributed by atoms with van der Waals surface area (Å²) in [6, 6.07) is 3.36. The fourth-order valence-corrected chi connectivity index (χ4v) is 3.86. The van der Waals surface area contributed by atoms with Crippen LogP contribution >= 0.6 is 0 Å². The fraction of sp³-hybridized carbons (Fsp3) is 0.296. The molecule has 0 spiro atoms. The highest BCUT2D eigenvalue weighted by molar-refractivity contribution is 5.98. The Morgan fingerprint density at radius 1 is 1.31 bits per heavy atom. The fourth-order valence-electron chi connectivity index (χ4n) is 3.86. The second-order valence-corrected chi connectivity index (χ2v) is 8.07. The van der Waals surface area contributed by atoms with E-state index in [1.807, 2.05) is 37.3 Å². The summed E-state index contributed by atoms with van der Waals surface area (Å²) in [5.41, 5.74) is 2.77. The van der Waals surface area contributed by atoms with E-state index in [1.165, 1.54) is 5.57 Å². The lowest BCUT2D eigenvalue weighted by molar-refractivity contribution is -0.135. The summed E-state index contributed by atoms with van der Waals surface area (Å²) in [5.74, 6) is -0.0495. The van der Waals surface area contributed by atoms with Gasteiger partial charge in [0.25, 0.3) is 5.91 Å². The molecule has 1 fully saturated rings. The summed E-state index contributed by atoms with van der Waals surface area (Å²) in [6.45, 7) is 6.83. The molecule has 2 atom stereocenters. The maximum atomic E-state index is 13.4. The number of amides is 2. The van der Waals surface area contributed by atoms with Gasteiger partial charge < -0.3 is 10.2 Å². The quantitative estimate of drug-likeness (QED) is 0.500. The largest absolute Gasteiger partial charge is 0.353 e. The van der Waals surface area contributed by atoms with Gasteiger partial charge in [0.15, 0.2) is 0 Å². The van der Waals surface area contributed by atoms with Crippen LogP contribution in [0.4, 0.5) is 0 Å². The first kappa shape index (κ1) is 23.2. The molecule has 0 saturated carbocycles. The van der Waals surface area contributed by atoms with Crippen LogP contribution in [0, 0.1) is 5.92 Å². The lowest BCUT2D eigenvalue weighted by atomic mass is 10.0. The van der Waals surface area contributed by atoms with Crippen molar-refractivity contribution in [3.8, 4) is 0 Å². The second-order valence-electron chi connectivity index (χ2n) is 8.07. The minimum atomic E-state index is -0.443. The van der Waals surface area contributed by atoms with Crippen LogP contribution in [0.5, 0.6) is 0 Å². The Bertz CT molecular complexity index is 970. The highest BCUT2D eigenvalue weighted by Gasteiger charge is 2.35. The van der Waals surface area contributed by atoms with Crippen LogP contribution in [0.2, 0.25) is 0 Å². The third-order valence-corrected chi connectivity index (χ3v) is 5.59. The standard InChI is InChI=1S/C27H31N3O2/c1-3-4-5-12-24(18-23-11-7-16-28-19-23)27(32)30-17-8-13-25(30)26(31)29-20-22-10-6-9-21(2)14-15-22/h3-7,9-12,14-16,19,22,25H,1,8,13,17-18,20H2,2H3,(H,29,31)/b5-4-,24-12+/t22?,25-/m0/s1. The van der Waals surface area contributed by atoms with E-state index >= 15 is 0 Å². The number of hydrogen-bond donors (Lipinski definition) is 1. The molecule has 32 heavy (non-hydrogen) atoms. The van der Waals surface area contributed by atoms with Crippen molar-refractivity contribution < 1.29 is 9.59 Å². The number of carbonyl (C=O) groups excluding carboxylic acids is 2. The maximum absolute atomic E-state index is 13.4. The molecular weight excluding hydrogens is 398 g/mol. The number of pyridine rings is 1. The molecular formula is C27H31N3O2. The highest BCUT2D eigenvalue weighted by atomic mass is 16.2. The Morgan fingerprint density at radius 2 is 2.19 bits per heavy atom.